The van der Waals surface area contributed by atoms with E-state index in [1.807, 2.05) is 0 Å². The molecule has 0 aromatic heterocycles. The number of carbonyl (C=O) groups excluding carboxylic acids is 3. The van der Waals surface area contributed by atoms with Crippen LogP contribution in [0.25, 0.3) is 0 Å². The quantitative estimate of drug-likeness (QED) is 0.707. The lowest BCUT2D eigenvalue weighted by Crippen LogP contribution is -2.49. The molecular weight excluding hydrogens is 336 g/mol. The van der Waals surface area contributed by atoms with Crippen LogP contribution in [-0.2, 0) is 9.59 Å². The summed E-state index contributed by atoms with van der Waals surface area (Å²) in [4.78, 5) is 37.9. The highest BCUT2D eigenvalue weighted by molar-refractivity contribution is 6.00. The average molecular weight is 360 g/mol. The molecule has 140 valence electrons. The van der Waals surface area contributed by atoms with Gasteiger partial charge in [-0.05, 0) is 37.5 Å². The molecule has 1 saturated heterocycles. The second-order valence-corrected chi connectivity index (χ2v) is 6.54. The number of rotatable bonds is 5. The molecule has 0 radical (unpaired) electrons. The van der Waals surface area contributed by atoms with Crippen LogP contribution in [0.3, 0.4) is 0 Å². The largest absolute Gasteiger partial charge is 0.482 e. The fourth-order valence-electron chi connectivity index (χ4n) is 3.31. The average Bonchev–Trinajstić information content (AvgIpc) is 2.65. The molecule has 1 aromatic rings. The number of nitrogens with one attached hydrogen (secondary N) is 2. The maximum atomic E-state index is 13.0. The Morgan fingerprint density at radius 3 is 3.00 bits per heavy atom. The van der Waals surface area contributed by atoms with Gasteiger partial charge in [-0.2, -0.15) is 0 Å². The Bertz CT molecular complexity index is 706. The first-order chi connectivity index (χ1) is 12.6. The minimum Gasteiger partial charge on any atom is -0.482 e. The van der Waals surface area contributed by atoms with E-state index >= 15 is 0 Å². The van der Waals surface area contributed by atoms with Gasteiger partial charge in [-0.25, -0.2) is 0 Å². The number of hydrogen-bond acceptors (Lipinski definition) is 5. The van der Waals surface area contributed by atoms with Crippen LogP contribution in [0.15, 0.2) is 18.2 Å². The third kappa shape index (κ3) is 4.13. The van der Waals surface area contributed by atoms with E-state index in [2.05, 4.69) is 10.6 Å². The van der Waals surface area contributed by atoms with Gasteiger partial charge in [0, 0.05) is 37.7 Å². The summed E-state index contributed by atoms with van der Waals surface area (Å²) in [6.07, 6.45) is 3.09. The number of hydrogen-bond donors (Lipinski definition) is 3. The predicted molar refractivity (Wildman–Crippen MR) is 95.9 cm³/mol. The van der Waals surface area contributed by atoms with Crippen LogP contribution in [0.1, 0.15) is 36.0 Å². The fourth-order valence-corrected chi connectivity index (χ4v) is 3.31. The van der Waals surface area contributed by atoms with Gasteiger partial charge in [-0.3, -0.25) is 14.4 Å². The summed E-state index contributed by atoms with van der Waals surface area (Å²) in [7, 11) is 0. The molecule has 1 atom stereocenters. The van der Waals surface area contributed by atoms with Crippen LogP contribution in [0.5, 0.6) is 5.75 Å². The molecule has 0 bridgehead atoms. The van der Waals surface area contributed by atoms with Crippen LogP contribution in [0, 0.1) is 0 Å². The highest BCUT2D eigenvalue weighted by Crippen LogP contribution is 2.29. The molecular formula is C18H24N4O4. The van der Waals surface area contributed by atoms with E-state index < -0.39 is 0 Å². The van der Waals surface area contributed by atoms with Crippen LogP contribution in [-0.4, -0.2) is 54.9 Å². The Hall–Kier alpha value is -2.61. The topological polar surface area (TPSA) is 114 Å². The number of fused-ring (bicyclic) bond motifs is 1. The van der Waals surface area contributed by atoms with E-state index in [-0.39, 0.29) is 36.8 Å². The van der Waals surface area contributed by atoms with Gasteiger partial charge in [0.05, 0.1) is 5.69 Å². The first kappa shape index (κ1) is 18.2. The van der Waals surface area contributed by atoms with E-state index in [9.17, 15) is 14.4 Å². The molecule has 1 unspecified atom stereocenters. The third-order valence-corrected chi connectivity index (χ3v) is 4.65. The molecule has 1 aromatic carbocycles. The summed E-state index contributed by atoms with van der Waals surface area (Å²) in [6, 6.07) is 5.01. The number of ether oxygens (including phenoxy) is 1. The van der Waals surface area contributed by atoms with Crippen molar-refractivity contribution in [2.75, 3.05) is 31.6 Å². The highest BCUT2D eigenvalue weighted by atomic mass is 16.5. The van der Waals surface area contributed by atoms with E-state index in [0.29, 0.717) is 36.6 Å². The Morgan fingerprint density at radius 2 is 2.19 bits per heavy atom. The monoisotopic (exact) mass is 360 g/mol. The van der Waals surface area contributed by atoms with Crippen molar-refractivity contribution >= 4 is 23.4 Å². The Labute approximate surface area is 152 Å². The van der Waals surface area contributed by atoms with Crippen molar-refractivity contribution in [2.24, 2.45) is 5.73 Å². The normalized spacial score (nSPS) is 19.2. The second kappa shape index (κ2) is 8.18. The van der Waals surface area contributed by atoms with Gasteiger partial charge in [-0.1, -0.05) is 0 Å². The Balaban J connectivity index is 1.71. The summed E-state index contributed by atoms with van der Waals surface area (Å²) in [5, 5.41) is 5.58. The summed E-state index contributed by atoms with van der Waals surface area (Å²) in [6.45, 7) is 1.37. The molecule has 2 heterocycles. The molecule has 1 fully saturated rings. The van der Waals surface area contributed by atoms with Gasteiger partial charge >= 0.3 is 0 Å². The summed E-state index contributed by atoms with van der Waals surface area (Å²) in [5.74, 6) is 0.121. The first-order valence-corrected chi connectivity index (χ1v) is 8.93. The molecule has 8 heteroatoms. The molecule has 0 spiro atoms. The Morgan fingerprint density at radius 1 is 1.35 bits per heavy atom. The van der Waals surface area contributed by atoms with E-state index in [0.717, 1.165) is 19.3 Å². The lowest BCUT2D eigenvalue weighted by Gasteiger charge is -2.36. The number of anilines is 1. The maximum Gasteiger partial charge on any atom is 0.262 e. The molecule has 4 N–H and O–H groups in total. The summed E-state index contributed by atoms with van der Waals surface area (Å²) < 4.78 is 5.33. The van der Waals surface area contributed by atoms with E-state index in [1.54, 1.807) is 23.1 Å². The molecule has 0 saturated carbocycles. The number of nitrogens with zero attached hydrogens (tertiary/aromatic N) is 1. The molecule has 3 amide bonds. The summed E-state index contributed by atoms with van der Waals surface area (Å²) in [5.41, 5.74) is 6.40. The van der Waals surface area contributed by atoms with Gasteiger partial charge < -0.3 is 26.0 Å². The minimum absolute atomic E-state index is 0.0169. The van der Waals surface area contributed by atoms with Crippen molar-refractivity contribution in [2.45, 2.75) is 31.7 Å². The second-order valence-electron chi connectivity index (χ2n) is 6.54. The van der Waals surface area contributed by atoms with Crippen molar-refractivity contribution in [1.82, 2.24) is 10.2 Å². The van der Waals surface area contributed by atoms with E-state index in [4.69, 9.17) is 10.5 Å². The van der Waals surface area contributed by atoms with Gasteiger partial charge in [0.1, 0.15) is 5.75 Å². The molecule has 26 heavy (non-hydrogen) atoms. The SMILES string of the molecule is NCCC(=O)NCC1CCCCN1C(=O)c1ccc2c(c1)NC(=O)CO2. The smallest absolute Gasteiger partial charge is 0.262 e. The molecule has 2 aliphatic rings. The van der Waals surface area contributed by atoms with Crippen molar-refractivity contribution in [3.63, 3.8) is 0 Å². The maximum absolute atomic E-state index is 13.0. The van der Waals surface area contributed by atoms with Gasteiger partial charge in [-0.15, -0.1) is 0 Å². The van der Waals surface area contributed by atoms with Gasteiger partial charge in [0.25, 0.3) is 11.8 Å². The number of nitrogens with two attached hydrogens (primary N) is 1. The Kier molecular flexibility index (Phi) is 5.72. The molecule has 0 aliphatic carbocycles. The lowest BCUT2D eigenvalue weighted by atomic mass is 10.00. The van der Waals surface area contributed by atoms with Crippen LogP contribution >= 0.6 is 0 Å². The number of likely N-dealkylation sites (tertiary alicyclic amines) is 1. The van der Waals surface area contributed by atoms with Gasteiger partial charge in [0.2, 0.25) is 5.91 Å². The fraction of sp³-hybridized carbons (Fsp3) is 0.500. The minimum atomic E-state index is -0.236. The zero-order chi connectivity index (χ0) is 18.5. The molecule has 2 aliphatic heterocycles. The number of carbonyl (C=O) groups is 3. The van der Waals surface area contributed by atoms with Crippen LogP contribution < -0.4 is 21.1 Å². The van der Waals surface area contributed by atoms with Crippen molar-refractivity contribution in [3.8, 4) is 5.75 Å². The number of piperidine rings is 1. The predicted octanol–water partition coefficient (Wildman–Crippen LogP) is 0.477. The third-order valence-electron chi connectivity index (χ3n) is 4.65. The highest BCUT2D eigenvalue weighted by Gasteiger charge is 2.28. The van der Waals surface area contributed by atoms with Gasteiger partial charge in [0.15, 0.2) is 6.61 Å². The van der Waals surface area contributed by atoms with Crippen molar-refractivity contribution in [1.29, 1.82) is 0 Å². The number of amides is 3. The van der Waals surface area contributed by atoms with Crippen LogP contribution in [0.4, 0.5) is 5.69 Å². The van der Waals surface area contributed by atoms with Crippen molar-refractivity contribution in [3.05, 3.63) is 23.8 Å². The molecule has 8 nitrogen and oxygen atoms in total. The first-order valence-electron chi connectivity index (χ1n) is 8.93. The van der Waals surface area contributed by atoms with E-state index in [1.165, 1.54) is 0 Å². The standard InChI is InChI=1S/C18H24N4O4/c19-7-6-16(23)20-10-13-3-1-2-8-22(13)18(25)12-4-5-15-14(9-12)21-17(24)11-26-15/h4-5,9,13H,1-3,6-8,10-11,19H2,(H,20,23)(H,21,24). The zero-order valence-electron chi connectivity index (χ0n) is 14.6. The number of benzene rings is 1. The van der Waals surface area contributed by atoms with Crippen molar-refractivity contribution < 1.29 is 19.1 Å². The zero-order valence-corrected chi connectivity index (χ0v) is 14.6. The molecule has 3 rings (SSSR count). The lowest BCUT2D eigenvalue weighted by molar-refractivity contribution is -0.121. The summed E-state index contributed by atoms with van der Waals surface area (Å²) >= 11 is 0. The van der Waals surface area contributed by atoms with Crippen LogP contribution in [0.2, 0.25) is 0 Å².